The molecule has 0 aliphatic heterocycles. The predicted octanol–water partition coefficient (Wildman–Crippen LogP) is 3.16. The molecule has 0 saturated heterocycles. The average molecular weight is 342 g/mol. The Bertz CT molecular complexity index is 634. The summed E-state index contributed by atoms with van der Waals surface area (Å²) >= 11 is 6.22. The van der Waals surface area contributed by atoms with Crippen LogP contribution in [-0.2, 0) is 14.9 Å². The van der Waals surface area contributed by atoms with E-state index in [0.717, 1.165) is 0 Å². The number of aliphatic carboxylic acids is 1. The smallest absolute Gasteiger partial charge is 0.412 e. The van der Waals surface area contributed by atoms with Crippen LogP contribution in [0, 0.1) is 0 Å². The Kier molecular flexibility index (Phi) is 4.59. The molecule has 0 bridgehead atoms. The van der Waals surface area contributed by atoms with E-state index < -0.39 is 29.2 Å². The first-order chi connectivity index (χ1) is 10.5. The van der Waals surface area contributed by atoms with E-state index >= 15 is 0 Å². The van der Waals surface area contributed by atoms with Gasteiger partial charge in [0.25, 0.3) is 0 Å². The number of ether oxygens (including phenoxy) is 1. The van der Waals surface area contributed by atoms with Crippen LogP contribution in [0.5, 0.6) is 0 Å². The van der Waals surface area contributed by atoms with Crippen molar-refractivity contribution in [1.82, 2.24) is 0 Å². The summed E-state index contributed by atoms with van der Waals surface area (Å²) in [6, 6.07) is 4.77. The molecule has 1 saturated carbocycles. The zero-order chi connectivity index (χ0) is 17.4. The van der Waals surface area contributed by atoms with Gasteiger partial charge in [0.1, 0.15) is 5.60 Å². The molecule has 1 aromatic carbocycles. The van der Waals surface area contributed by atoms with Crippen LogP contribution in [0.3, 0.4) is 0 Å². The van der Waals surface area contributed by atoms with Crippen LogP contribution in [0.1, 0.15) is 39.2 Å². The second-order valence-electron chi connectivity index (χ2n) is 6.72. The average Bonchev–Trinajstić information content (AvgIpc) is 3.16. The number of anilines is 1. The van der Waals surface area contributed by atoms with E-state index in [0.29, 0.717) is 29.1 Å². The summed E-state index contributed by atoms with van der Waals surface area (Å²) < 4.78 is 5.15. The number of rotatable bonds is 4. The van der Waals surface area contributed by atoms with Gasteiger partial charge in [-0.05, 0) is 51.3 Å². The van der Waals surface area contributed by atoms with Gasteiger partial charge < -0.3 is 14.9 Å². The lowest BCUT2D eigenvalue weighted by atomic mass is 9.89. The molecule has 1 aliphatic rings. The van der Waals surface area contributed by atoms with Crippen molar-refractivity contribution in [2.75, 3.05) is 5.32 Å². The third-order valence-corrected chi connectivity index (χ3v) is 4.01. The van der Waals surface area contributed by atoms with Gasteiger partial charge in [0.15, 0.2) is 6.10 Å². The van der Waals surface area contributed by atoms with Crippen molar-refractivity contribution >= 4 is 29.4 Å². The fraction of sp³-hybridized carbons (Fsp3) is 0.500. The molecule has 1 amide bonds. The zero-order valence-corrected chi connectivity index (χ0v) is 14.0. The molecule has 23 heavy (non-hydrogen) atoms. The molecule has 3 N–H and O–H groups in total. The Morgan fingerprint density at radius 2 is 1.96 bits per heavy atom. The molecule has 0 heterocycles. The van der Waals surface area contributed by atoms with Crippen molar-refractivity contribution in [2.24, 2.45) is 0 Å². The lowest BCUT2D eigenvalue weighted by molar-refractivity contribution is -0.148. The van der Waals surface area contributed by atoms with Crippen LogP contribution < -0.4 is 5.32 Å². The third-order valence-electron chi connectivity index (χ3n) is 3.70. The molecular weight excluding hydrogens is 322 g/mol. The minimum Gasteiger partial charge on any atom is -0.479 e. The third kappa shape index (κ3) is 3.95. The van der Waals surface area contributed by atoms with Crippen molar-refractivity contribution in [3.63, 3.8) is 0 Å². The van der Waals surface area contributed by atoms with Crippen LogP contribution in [0.25, 0.3) is 0 Å². The molecule has 6 nitrogen and oxygen atoms in total. The summed E-state index contributed by atoms with van der Waals surface area (Å²) in [6.45, 7) is 5.27. The summed E-state index contributed by atoms with van der Waals surface area (Å²) in [5.41, 5.74) is -0.442. The maximum atomic E-state index is 11.7. The van der Waals surface area contributed by atoms with Gasteiger partial charge in [-0.15, -0.1) is 0 Å². The number of carboxylic acids is 1. The first-order valence-electron chi connectivity index (χ1n) is 7.26. The van der Waals surface area contributed by atoms with Crippen molar-refractivity contribution in [2.45, 2.75) is 50.7 Å². The number of nitrogens with one attached hydrogen (secondary N) is 1. The van der Waals surface area contributed by atoms with E-state index in [1.54, 1.807) is 32.9 Å². The molecule has 7 heteroatoms. The number of carboxylic acid groups (broad SMARTS) is 1. The SMILES string of the molecule is CC(C)(C)OC(=O)Nc1ccc(C2(C(O)C(=O)O)CC2)c(Cl)c1. The lowest BCUT2D eigenvalue weighted by Gasteiger charge is -2.22. The van der Waals surface area contributed by atoms with Crippen LogP contribution in [-0.4, -0.2) is 34.0 Å². The Balaban J connectivity index is 2.16. The van der Waals surface area contributed by atoms with E-state index in [4.69, 9.17) is 21.4 Å². The number of hydrogen-bond donors (Lipinski definition) is 3. The highest BCUT2D eigenvalue weighted by molar-refractivity contribution is 6.32. The number of aliphatic hydroxyl groups excluding tert-OH is 1. The van der Waals surface area contributed by atoms with Crippen molar-refractivity contribution in [1.29, 1.82) is 0 Å². The van der Waals surface area contributed by atoms with Gasteiger partial charge >= 0.3 is 12.1 Å². The highest BCUT2D eigenvalue weighted by Gasteiger charge is 2.54. The molecule has 1 aliphatic carbocycles. The molecule has 1 unspecified atom stereocenters. The van der Waals surface area contributed by atoms with Crippen LogP contribution in [0.15, 0.2) is 18.2 Å². The standard InChI is InChI=1S/C16H20ClNO5/c1-15(2,3)23-14(22)18-9-4-5-10(11(17)8-9)16(6-7-16)12(19)13(20)21/h4-5,8,12,19H,6-7H2,1-3H3,(H,18,22)(H,20,21). The fourth-order valence-electron chi connectivity index (χ4n) is 2.48. The predicted molar refractivity (Wildman–Crippen MR) is 85.9 cm³/mol. The summed E-state index contributed by atoms with van der Waals surface area (Å²) in [5.74, 6) is -1.27. The minimum absolute atomic E-state index is 0.302. The van der Waals surface area contributed by atoms with E-state index in [2.05, 4.69) is 5.32 Å². The van der Waals surface area contributed by atoms with Crippen LogP contribution in [0.4, 0.5) is 10.5 Å². The largest absolute Gasteiger partial charge is 0.479 e. The number of carbonyl (C=O) groups excluding carboxylic acids is 1. The molecule has 126 valence electrons. The first kappa shape index (κ1) is 17.6. The van der Waals surface area contributed by atoms with Crippen molar-refractivity contribution < 1.29 is 24.5 Å². The number of amides is 1. The topological polar surface area (TPSA) is 95.9 Å². The Morgan fingerprint density at radius 3 is 2.39 bits per heavy atom. The maximum absolute atomic E-state index is 11.7. The molecule has 2 rings (SSSR count). The number of halogens is 1. The molecule has 1 atom stereocenters. The monoisotopic (exact) mass is 341 g/mol. The number of carbonyl (C=O) groups is 2. The van der Waals surface area contributed by atoms with Gasteiger partial charge in [-0.25, -0.2) is 9.59 Å². The highest BCUT2D eigenvalue weighted by atomic mass is 35.5. The molecule has 0 radical (unpaired) electrons. The Labute approximate surface area is 139 Å². The summed E-state index contributed by atoms with van der Waals surface area (Å²) in [4.78, 5) is 22.8. The van der Waals surface area contributed by atoms with Gasteiger partial charge in [0.2, 0.25) is 0 Å². The number of aliphatic hydroxyl groups is 1. The van der Waals surface area contributed by atoms with Crippen molar-refractivity contribution in [3.8, 4) is 0 Å². The summed E-state index contributed by atoms with van der Waals surface area (Å²) in [6.07, 6.45) is -0.990. The molecule has 1 fully saturated rings. The van der Waals surface area contributed by atoms with Gasteiger partial charge in [-0.2, -0.15) is 0 Å². The fourth-order valence-corrected chi connectivity index (χ4v) is 2.85. The normalized spacial score (nSPS) is 17.3. The number of hydrogen-bond acceptors (Lipinski definition) is 4. The van der Waals surface area contributed by atoms with E-state index in [1.807, 2.05) is 0 Å². The molecular formula is C16H20ClNO5. The summed E-state index contributed by atoms with van der Waals surface area (Å²) in [5, 5.41) is 21.8. The van der Waals surface area contributed by atoms with Crippen molar-refractivity contribution in [3.05, 3.63) is 28.8 Å². The van der Waals surface area contributed by atoms with Gasteiger partial charge in [0.05, 0.1) is 0 Å². The lowest BCUT2D eigenvalue weighted by Crippen LogP contribution is -2.34. The van der Waals surface area contributed by atoms with E-state index in [1.165, 1.54) is 6.07 Å². The zero-order valence-electron chi connectivity index (χ0n) is 13.2. The first-order valence-corrected chi connectivity index (χ1v) is 7.64. The van der Waals surface area contributed by atoms with Gasteiger partial charge in [-0.3, -0.25) is 5.32 Å². The van der Waals surface area contributed by atoms with Gasteiger partial charge in [0, 0.05) is 16.1 Å². The molecule has 1 aromatic rings. The van der Waals surface area contributed by atoms with Gasteiger partial charge in [-0.1, -0.05) is 17.7 Å². The molecule has 0 spiro atoms. The quantitative estimate of drug-likeness (QED) is 0.781. The second-order valence-corrected chi connectivity index (χ2v) is 7.13. The Hall–Kier alpha value is -1.79. The Morgan fingerprint density at radius 1 is 1.35 bits per heavy atom. The number of benzene rings is 1. The van der Waals surface area contributed by atoms with E-state index in [9.17, 15) is 14.7 Å². The van der Waals surface area contributed by atoms with Crippen LogP contribution in [0.2, 0.25) is 5.02 Å². The minimum atomic E-state index is -1.50. The molecule has 0 aromatic heterocycles. The maximum Gasteiger partial charge on any atom is 0.412 e. The van der Waals surface area contributed by atoms with Crippen LogP contribution >= 0.6 is 11.6 Å². The van der Waals surface area contributed by atoms with E-state index in [-0.39, 0.29) is 0 Å². The summed E-state index contributed by atoms with van der Waals surface area (Å²) in [7, 11) is 0. The highest BCUT2D eigenvalue weighted by Crippen LogP contribution is 2.53. The second kappa shape index (κ2) is 6.02.